The predicted molar refractivity (Wildman–Crippen MR) is 71.8 cm³/mol. The van der Waals surface area contributed by atoms with Gasteiger partial charge in [-0.25, -0.2) is 0 Å². The molecular formula is C14H18N2O4. The molecule has 0 aromatic heterocycles. The highest BCUT2D eigenvalue weighted by atomic mass is 16.7. The van der Waals surface area contributed by atoms with E-state index in [1.165, 1.54) is 0 Å². The van der Waals surface area contributed by atoms with Gasteiger partial charge < -0.3 is 25.3 Å². The number of hydrogen-bond acceptors (Lipinski definition) is 5. The smallest absolute Gasteiger partial charge is 0.251 e. The van der Waals surface area contributed by atoms with Crippen LogP contribution >= 0.6 is 0 Å². The molecule has 0 saturated heterocycles. The number of rotatable bonds is 4. The van der Waals surface area contributed by atoms with Crippen LogP contribution in [-0.4, -0.2) is 37.5 Å². The molecule has 6 nitrogen and oxygen atoms in total. The van der Waals surface area contributed by atoms with E-state index in [0.717, 1.165) is 6.42 Å². The fraction of sp³-hybridized carbons (Fsp3) is 0.500. The van der Waals surface area contributed by atoms with Crippen molar-refractivity contribution in [3.8, 4) is 11.5 Å². The SMILES string of the molecule is CCOC1CC(N)C1NC(=O)c1ccc2c(c1)OCO2. The molecule has 1 fully saturated rings. The van der Waals surface area contributed by atoms with E-state index in [2.05, 4.69) is 5.32 Å². The van der Waals surface area contributed by atoms with Gasteiger partial charge in [-0.2, -0.15) is 0 Å². The number of benzene rings is 1. The molecule has 1 aliphatic heterocycles. The average molecular weight is 278 g/mol. The van der Waals surface area contributed by atoms with Crippen LogP contribution in [0.2, 0.25) is 0 Å². The number of ether oxygens (including phenoxy) is 3. The van der Waals surface area contributed by atoms with Gasteiger partial charge >= 0.3 is 0 Å². The Labute approximate surface area is 117 Å². The van der Waals surface area contributed by atoms with Gasteiger partial charge in [0.15, 0.2) is 11.5 Å². The van der Waals surface area contributed by atoms with Gasteiger partial charge in [0.25, 0.3) is 5.91 Å². The molecule has 1 heterocycles. The second-order valence-electron chi connectivity index (χ2n) is 4.96. The van der Waals surface area contributed by atoms with Gasteiger partial charge in [0, 0.05) is 18.2 Å². The van der Waals surface area contributed by atoms with Crippen LogP contribution in [0.4, 0.5) is 0 Å². The number of fused-ring (bicyclic) bond motifs is 1. The van der Waals surface area contributed by atoms with Crippen molar-refractivity contribution in [2.24, 2.45) is 5.73 Å². The van der Waals surface area contributed by atoms with Crippen molar-refractivity contribution in [1.82, 2.24) is 5.32 Å². The van der Waals surface area contributed by atoms with Crippen LogP contribution in [0.25, 0.3) is 0 Å². The molecule has 1 amide bonds. The number of carbonyl (C=O) groups excluding carboxylic acids is 1. The van der Waals surface area contributed by atoms with E-state index in [4.69, 9.17) is 19.9 Å². The molecule has 3 N–H and O–H groups in total. The predicted octanol–water partition coefficient (Wildman–Crippen LogP) is 0.650. The molecule has 3 atom stereocenters. The molecule has 0 spiro atoms. The topological polar surface area (TPSA) is 82.8 Å². The van der Waals surface area contributed by atoms with E-state index in [0.29, 0.717) is 23.7 Å². The van der Waals surface area contributed by atoms with Crippen LogP contribution in [0.15, 0.2) is 18.2 Å². The Balaban J connectivity index is 1.67. The fourth-order valence-corrected chi connectivity index (χ4v) is 2.50. The zero-order valence-electron chi connectivity index (χ0n) is 11.3. The average Bonchev–Trinajstić information content (AvgIpc) is 2.91. The first-order valence-electron chi connectivity index (χ1n) is 6.76. The minimum Gasteiger partial charge on any atom is -0.454 e. The Morgan fingerprint density at radius 2 is 2.25 bits per heavy atom. The van der Waals surface area contributed by atoms with Gasteiger partial charge in [-0.05, 0) is 31.5 Å². The van der Waals surface area contributed by atoms with Crippen LogP contribution in [0.1, 0.15) is 23.7 Å². The molecule has 6 heteroatoms. The van der Waals surface area contributed by atoms with Crippen molar-refractivity contribution < 1.29 is 19.0 Å². The van der Waals surface area contributed by atoms with Crippen molar-refractivity contribution >= 4 is 5.91 Å². The highest BCUT2D eigenvalue weighted by Crippen LogP contribution is 2.32. The van der Waals surface area contributed by atoms with Crippen LogP contribution in [0.3, 0.4) is 0 Å². The summed E-state index contributed by atoms with van der Waals surface area (Å²) in [6, 6.07) is 4.94. The summed E-state index contributed by atoms with van der Waals surface area (Å²) in [6.45, 7) is 2.74. The summed E-state index contributed by atoms with van der Waals surface area (Å²) in [7, 11) is 0. The zero-order valence-corrected chi connectivity index (χ0v) is 11.3. The Kier molecular flexibility index (Phi) is 3.50. The van der Waals surface area contributed by atoms with Crippen LogP contribution in [0, 0.1) is 0 Å². The summed E-state index contributed by atoms with van der Waals surface area (Å²) >= 11 is 0. The van der Waals surface area contributed by atoms with Gasteiger partial charge in [-0.1, -0.05) is 0 Å². The third kappa shape index (κ3) is 2.32. The molecule has 108 valence electrons. The van der Waals surface area contributed by atoms with E-state index >= 15 is 0 Å². The maximum atomic E-state index is 12.2. The van der Waals surface area contributed by atoms with Crippen LogP contribution < -0.4 is 20.5 Å². The number of nitrogens with one attached hydrogen (secondary N) is 1. The van der Waals surface area contributed by atoms with E-state index in [1.807, 2.05) is 6.92 Å². The Morgan fingerprint density at radius 1 is 1.45 bits per heavy atom. The molecule has 1 aliphatic carbocycles. The lowest BCUT2D eigenvalue weighted by molar-refractivity contribution is -0.0300. The van der Waals surface area contributed by atoms with E-state index in [9.17, 15) is 4.79 Å². The standard InChI is InChI=1S/C14H18N2O4/c1-2-18-12-6-9(15)13(12)16-14(17)8-3-4-10-11(5-8)20-7-19-10/h3-5,9,12-13H,2,6-7,15H2,1H3,(H,16,17). The lowest BCUT2D eigenvalue weighted by atomic mass is 9.83. The highest BCUT2D eigenvalue weighted by molar-refractivity contribution is 5.95. The van der Waals surface area contributed by atoms with Gasteiger partial charge in [0.05, 0.1) is 12.1 Å². The second-order valence-corrected chi connectivity index (χ2v) is 4.96. The summed E-state index contributed by atoms with van der Waals surface area (Å²) in [4.78, 5) is 12.2. The number of hydrogen-bond donors (Lipinski definition) is 2. The summed E-state index contributed by atoms with van der Waals surface area (Å²) in [5.74, 6) is 1.08. The first-order chi connectivity index (χ1) is 9.69. The van der Waals surface area contributed by atoms with Crippen LogP contribution in [-0.2, 0) is 4.74 Å². The van der Waals surface area contributed by atoms with Crippen LogP contribution in [0.5, 0.6) is 11.5 Å². The Bertz CT molecular complexity index is 518. The number of carbonyl (C=O) groups is 1. The molecule has 3 rings (SSSR count). The van der Waals surface area contributed by atoms with E-state index in [1.54, 1.807) is 18.2 Å². The van der Waals surface area contributed by atoms with Crippen molar-refractivity contribution in [1.29, 1.82) is 0 Å². The second kappa shape index (κ2) is 5.30. The first-order valence-corrected chi connectivity index (χ1v) is 6.76. The minimum absolute atomic E-state index is 0.00737. The molecular weight excluding hydrogens is 260 g/mol. The molecule has 1 aromatic rings. The highest BCUT2D eigenvalue weighted by Gasteiger charge is 2.40. The first kappa shape index (κ1) is 13.2. The monoisotopic (exact) mass is 278 g/mol. The van der Waals surface area contributed by atoms with Crippen molar-refractivity contribution in [2.45, 2.75) is 31.5 Å². The quantitative estimate of drug-likeness (QED) is 0.845. The molecule has 20 heavy (non-hydrogen) atoms. The molecule has 0 radical (unpaired) electrons. The Hall–Kier alpha value is -1.79. The zero-order chi connectivity index (χ0) is 14.1. The van der Waals surface area contributed by atoms with Gasteiger partial charge in [0.1, 0.15) is 0 Å². The van der Waals surface area contributed by atoms with Gasteiger partial charge in [-0.3, -0.25) is 4.79 Å². The van der Waals surface area contributed by atoms with Crippen molar-refractivity contribution in [3.05, 3.63) is 23.8 Å². The van der Waals surface area contributed by atoms with Crippen molar-refractivity contribution in [2.75, 3.05) is 13.4 Å². The fourth-order valence-electron chi connectivity index (χ4n) is 2.50. The summed E-state index contributed by atoms with van der Waals surface area (Å²) in [5, 5.41) is 2.92. The van der Waals surface area contributed by atoms with Gasteiger partial charge in [0.2, 0.25) is 6.79 Å². The van der Waals surface area contributed by atoms with E-state index < -0.39 is 0 Å². The van der Waals surface area contributed by atoms with Gasteiger partial charge in [-0.15, -0.1) is 0 Å². The molecule has 1 saturated carbocycles. The maximum absolute atomic E-state index is 12.2. The lowest BCUT2D eigenvalue weighted by Gasteiger charge is -2.42. The third-order valence-corrected chi connectivity index (χ3v) is 3.68. The third-order valence-electron chi connectivity index (χ3n) is 3.68. The molecule has 0 bridgehead atoms. The number of nitrogens with two attached hydrogens (primary N) is 1. The molecule has 1 aromatic carbocycles. The molecule has 2 aliphatic rings. The summed E-state index contributed by atoms with van der Waals surface area (Å²) in [6.07, 6.45) is 0.785. The maximum Gasteiger partial charge on any atom is 0.251 e. The summed E-state index contributed by atoms with van der Waals surface area (Å²) in [5.41, 5.74) is 6.45. The van der Waals surface area contributed by atoms with Crippen molar-refractivity contribution in [3.63, 3.8) is 0 Å². The normalized spacial score (nSPS) is 27.0. The largest absolute Gasteiger partial charge is 0.454 e. The lowest BCUT2D eigenvalue weighted by Crippen LogP contribution is -2.64. The molecule has 3 unspecified atom stereocenters. The van der Waals surface area contributed by atoms with E-state index in [-0.39, 0.29) is 30.9 Å². The minimum atomic E-state index is -0.173. The number of amides is 1. The Morgan fingerprint density at radius 3 is 3.00 bits per heavy atom. The summed E-state index contributed by atoms with van der Waals surface area (Å²) < 4.78 is 16.0.